The molecule has 1 aromatic rings. The SMILES string of the molecule is C=COc1ccc(O)c([N+](=O)[O-])c1. The smallest absolute Gasteiger partial charge is 0.314 e. The van der Waals surface area contributed by atoms with Crippen molar-refractivity contribution < 1.29 is 14.8 Å². The number of benzene rings is 1. The van der Waals surface area contributed by atoms with Gasteiger partial charge in [-0.3, -0.25) is 10.1 Å². The van der Waals surface area contributed by atoms with Crippen LogP contribution in [0.3, 0.4) is 0 Å². The van der Waals surface area contributed by atoms with E-state index in [2.05, 4.69) is 6.58 Å². The Hall–Kier alpha value is -2.04. The highest BCUT2D eigenvalue weighted by Crippen LogP contribution is 2.29. The standard InChI is InChI=1S/C8H7NO4/c1-2-13-6-3-4-8(10)7(5-6)9(11)12/h2-5,10H,1H2. The Bertz CT molecular complexity index is 348. The minimum Gasteiger partial charge on any atom is -0.502 e. The van der Waals surface area contributed by atoms with Crippen molar-refractivity contribution in [3.63, 3.8) is 0 Å². The molecule has 0 aliphatic rings. The van der Waals surface area contributed by atoms with Gasteiger partial charge in [-0.05, 0) is 12.1 Å². The summed E-state index contributed by atoms with van der Waals surface area (Å²) in [6, 6.07) is 3.72. The zero-order chi connectivity index (χ0) is 9.84. The third kappa shape index (κ3) is 1.96. The molecule has 0 bridgehead atoms. The Kier molecular flexibility index (Phi) is 2.49. The number of hydrogen-bond acceptors (Lipinski definition) is 4. The maximum atomic E-state index is 10.3. The van der Waals surface area contributed by atoms with Crippen molar-refractivity contribution in [2.45, 2.75) is 0 Å². The molecule has 5 nitrogen and oxygen atoms in total. The molecule has 13 heavy (non-hydrogen) atoms. The van der Waals surface area contributed by atoms with Crippen molar-refractivity contribution in [2.24, 2.45) is 0 Å². The average Bonchev–Trinajstić information content (AvgIpc) is 2.08. The number of aromatic hydroxyl groups is 1. The molecule has 0 amide bonds. The second-order valence-electron chi connectivity index (χ2n) is 2.19. The number of phenols is 1. The van der Waals surface area contributed by atoms with Gasteiger partial charge in [0, 0.05) is 0 Å². The Labute approximate surface area is 74.0 Å². The number of nitro groups is 1. The van der Waals surface area contributed by atoms with Gasteiger partial charge in [-0.2, -0.15) is 0 Å². The highest BCUT2D eigenvalue weighted by molar-refractivity contribution is 5.49. The fourth-order valence-electron chi connectivity index (χ4n) is 0.819. The summed E-state index contributed by atoms with van der Waals surface area (Å²) in [5.41, 5.74) is -0.389. The summed E-state index contributed by atoms with van der Waals surface area (Å²) in [4.78, 5) is 9.65. The highest BCUT2D eigenvalue weighted by Gasteiger charge is 2.13. The van der Waals surface area contributed by atoms with Crippen LogP contribution >= 0.6 is 0 Å². The van der Waals surface area contributed by atoms with E-state index in [0.29, 0.717) is 0 Å². The van der Waals surface area contributed by atoms with Crippen LogP contribution in [0.1, 0.15) is 0 Å². The lowest BCUT2D eigenvalue weighted by Gasteiger charge is -1.99. The third-order valence-corrected chi connectivity index (χ3v) is 1.36. The van der Waals surface area contributed by atoms with E-state index < -0.39 is 4.92 Å². The molecular formula is C8H7NO4. The summed E-state index contributed by atoms with van der Waals surface area (Å²) >= 11 is 0. The van der Waals surface area contributed by atoms with Crippen LogP contribution in [-0.2, 0) is 0 Å². The van der Waals surface area contributed by atoms with Gasteiger partial charge in [-0.1, -0.05) is 6.58 Å². The van der Waals surface area contributed by atoms with E-state index in [4.69, 9.17) is 9.84 Å². The molecule has 0 fully saturated rings. The zero-order valence-electron chi connectivity index (χ0n) is 6.64. The molecule has 5 heteroatoms. The van der Waals surface area contributed by atoms with Crippen molar-refractivity contribution in [1.29, 1.82) is 0 Å². The maximum absolute atomic E-state index is 10.3. The normalized spacial score (nSPS) is 9.23. The fraction of sp³-hybridized carbons (Fsp3) is 0. The monoisotopic (exact) mass is 181 g/mol. The Morgan fingerprint density at radius 1 is 1.62 bits per heavy atom. The predicted molar refractivity (Wildman–Crippen MR) is 45.6 cm³/mol. The van der Waals surface area contributed by atoms with E-state index in [1.807, 2.05) is 0 Å². The quantitative estimate of drug-likeness (QED) is 0.438. The molecule has 0 saturated carbocycles. The summed E-state index contributed by atoms with van der Waals surface area (Å²) < 4.78 is 4.80. The van der Waals surface area contributed by atoms with E-state index in [9.17, 15) is 10.1 Å². The maximum Gasteiger partial charge on any atom is 0.314 e. The highest BCUT2D eigenvalue weighted by atomic mass is 16.6. The lowest BCUT2D eigenvalue weighted by Crippen LogP contribution is -1.89. The van der Waals surface area contributed by atoms with Crippen LogP contribution in [0.25, 0.3) is 0 Å². The van der Waals surface area contributed by atoms with E-state index >= 15 is 0 Å². The molecule has 1 rings (SSSR count). The van der Waals surface area contributed by atoms with Crippen LogP contribution < -0.4 is 4.74 Å². The van der Waals surface area contributed by atoms with Gasteiger partial charge in [0.25, 0.3) is 0 Å². The minimum absolute atomic E-state index is 0.263. The lowest BCUT2D eigenvalue weighted by molar-refractivity contribution is -0.385. The Balaban J connectivity index is 3.10. The van der Waals surface area contributed by atoms with Gasteiger partial charge in [0.2, 0.25) is 0 Å². The summed E-state index contributed by atoms with van der Waals surface area (Å²) in [6.45, 7) is 3.30. The lowest BCUT2D eigenvalue weighted by atomic mass is 10.3. The Morgan fingerprint density at radius 3 is 2.85 bits per heavy atom. The second kappa shape index (κ2) is 3.57. The van der Waals surface area contributed by atoms with Crippen molar-refractivity contribution in [1.82, 2.24) is 0 Å². The third-order valence-electron chi connectivity index (χ3n) is 1.36. The largest absolute Gasteiger partial charge is 0.502 e. The molecule has 0 aliphatic carbocycles. The topological polar surface area (TPSA) is 72.6 Å². The molecule has 0 spiro atoms. The van der Waals surface area contributed by atoms with Crippen LogP contribution in [0.5, 0.6) is 11.5 Å². The first kappa shape index (κ1) is 9.05. The zero-order valence-corrected chi connectivity index (χ0v) is 6.64. The summed E-state index contributed by atoms with van der Waals surface area (Å²) in [7, 11) is 0. The van der Waals surface area contributed by atoms with Crippen molar-refractivity contribution in [3.05, 3.63) is 41.2 Å². The Morgan fingerprint density at radius 2 is 2.31 bits per heavy atom. The summed E-state index contributed by atoms with van der Waals surface area (Å²) in [5, 5.41) is 19.4. The van der Waals surface area contributed by atoms with Gasteiger partial charge in [0.1, 0.15) is 5.75 Å². The van der Waals surface area contributed by atoms with Crippen LogP contribution in [0.15, 0.2) is 31.0 Å². The molecule has 0 atom stereocenters. The molecular weight excluding hydrogens is 174 g/mol. The first-order valence-electron chi connectivity index (χ1n) is 3.40. The predicted octanol–water partition coefficient (Wildman–Crippen LogP) is 1.82. The molecule has 0 aliphatic heterocycles. The summed E-state index contributed by atoms with van der Waals surface area (Å²) in [5.74, 6) is -0.124. The van der Waals surface area contributed by atoms with Gasteiger partial charge in [0.15, 0.2) is 5.75 Å². The minimum atomic E-state index is -0.689. The van der Waals surface area contributed by atoms with Crippen molar-refractivity contribution in [2.75, 3.05) is 0 Å². The van der Waals surface area contributed by atoms with Crippen molar-refractivity contribution >= 4 is 5.69 Å². The molecule has 0 radical (unpaired) electrons. The van der Waals surface area contributed by atoms with E-state index in [-0.39, 0.29) is 17.2 Å². The van der Waals surface area contributed by atoms with Crippen LogP contribution in [0.4, 0.5) is 5.69 Å². The van der Waals surface area contributed by atoms with Crippen LogP contribution in [0.2, 0.25) is 0 Å². The van der Waals surface area contributed by atoms with Crippen molar-refractivity contribution in [3.8, 4) is 11.5 Å². The molecule has 0 unspecified atom stereocenters. The van der Waals surface area contributed by atoms with Gasteiger partial charge >= 0.3 is 5.69 Å². The number of phenolic OH excluding ortho intramolecular Hbond substituents is 1. The molecule has 0 heterocycles. The number of nitro benzene ring substituents is 1. The first-order valence-corrected chi connectivity index (χ1v) is 3.40. The number of hydrogen-bond donors (Lipinski definition) is 1. The van der Waals surface area contributed by atoms with Gasteiger partial charge < -0.3 is 9.84 Å². The molecule has 0 aromatic heterocycles. The van der Waals surface area contributed by atoms with Gasteiger partial charge in [0.05, 0.1) is 17.3 Å². The molecule has 0 saturated heterocycles. The first-order chi connectivity index (χ1) is 6.15. The number of rotatable bonds is 3. The van der Waals surface area contributed by atoms with E-state index in [1.165, 1.54) is 12.1 Å². The van der Waals surface area contributed by atoms with E-state index in [1.54, 1.807) is 0 Å². The van der Waals surface area contributed by atoms with Gasteiger partial charge in [-0.25, -0.2) is 0 Å². The fourth-order valence-corrected chi connectivity index (χ4v) is 0.819. The van der Waals surface area contributed by atoms with E-state index in [0.717, 1.165) is 12.3 Å². The molecule has 1 N–H and O–H groups in total. The molecule has 1 aromatic carbocycles. The number of nitrogens with zero attached hydrogens (tertiary/aromatic N) is 1. The second-order valence-corrected chi connectivity index (χ2v) is 2.19. The van der Waals surface area contributed by atoms with Gasteiger partial charge in [-0.15, -0.1) is 0 Å². The van der Waals surface area contributed by atoms with Crippen LogP contribution in [-0.4, -0.2) is 10.0 Å². The average molecular weight is 181 g/mol. The van der Waals surface area contributed by atoms with Crippen LogP contribution in [0, 0.1) is 10.1 Å². The summed E-state index contributed by atoms with van der Waals surface area (Å²) in [6.07, 6.45) is 1.15. The number of ether oxygens (including phenoxy) is 1. The molecule has 68 valence electrons.